The number of hydrazine groups is 1. The molecular formula is C26H35N5O3. The van der Waals surface area contributed by atoms with Gasteiger partial charge in [0.2, 0.25) is 5.91 Å². The number of methoxy groups -OCH3 is 1. The molecular weight excluding hydrogens is 430 g/mol. The second-order valence-corrected chi connectivity index (χ2v) is 9.71. The van der Waals surface area contributed by atoms with Crippen molar-refractivity contribution in [2.75, 3.05) is 63.2 Å². The highest BCUT2D eigenvalue weighted by Gasteiger charge is 2.53. The number of ether oxygens (including phenoxy) is 1. The van der Waals surface area contributed by atoms with Crippen LogP contribution in [-0.2, 0) is 4.79 Å². The van der Waals surface area contributed by atoms with E-state index in [1.807, 2.05) is 29.2 Å². The van der Waals surface area contributed by atoms with Gasteiger partial charge in [0.25, 0.3) is 0 Å². The van der Waals surface area contributed by atoms with Crippen LogP contribution in [0.25, 0.3) is 0 Å². The first-order valence-electron chi connectivity index (χ1n) is 12.2. The Labute approximate surface area is 201 Å². The molecule has 0 aliphatic carbocycles. The third kappa shape index (κ3) is 4.51. The number of rotatable bonds is 7. The predicted molar refractivity (Wildman–Crippen MR) is 133 cm³/mol. The highest BCUT2D eigenvalue weighted by Crippen LogP contribution is 2.44. The summed E-state index contributed by atoms with van der Waals surface area (Å²) in [5, 5.41) is 12.9. The van der Waals surface area contributed by atoms with Gasteiger partial charge in [-0.2, -0.15) is 0 Å². The first-order chi connectivity index (χ1) is 16.6. The Morgan fingerprint density at radius 3 is 2.53 bits per heavy atom. The van der Waals surface area contributed by atoms with Crippen LogP contribution in [-0.4, -0.2) is 74.9 Å². The number of piperidine rings is 1. The summed E-state index contributed by atoms with van der Waals surface area (Å²) in [7, 11) is 1.65. The van der Waals surface area contributed by atoms with Crippen LogP contribution in [0.1, 0.15) is 24.3 Å². The number of β-amino-alcohol motifs (C(OH)–C–C–N with tert-alkyl or cyclic N) is 1. The van der Waals surface area contributed by atoms with E-state index in [1.54, 1.807) is 7.11 Å². The van der Waals surface area contributed by atoms with Crippen molar-refractivity contribution in [1.82, 2.24) is 15.8 Å². The predicted octanol–water partition coefficient (Wildman–Crippen LogP) is 1.79. The molecule has 1 spiro atoms. The van der Waals surface area contributed by atoms with Gasteiger partial charge in [0, 0.05) is 55.0 Å². The van der Waals surface area contributed by atoms with E-state index in [1.165, 1.54) is 5.56 Å². The van der Waals surface area contributed by atoms with Crippen molar-refractivity contribution in [2.24, 2.45) is 5.41 Å². The maximum absolute atomic E-state index is 13.8. The fourth-order valence-corrected chi connectivity index (χ4v) is 5.65. The monoisotopic (exact) mass is 465 g/mol. The molecule has 1 unspecified atom stereocenters. The Balaban J connectivity index is 1.40. The molecule has 34 heavy (non-hydrogen) atoms. The first kappa shape index (κ1) is 23.1. The van der Waals surface area contributed by atoms with Crippen molar-refractivity contribution >= 4 is 17.3 Å². The van der Waals surface area contributed by atoms with Crippen molar-refractivity contribution in [3.05, 3.63) is 54.1 Å². The number of carbonyl (C=O) groups is 1. The molecule has 3 heterocycles. The highest BCUT2D eigenvalue weighted by molar-refractivity contribution is 6.02. The number of aliphatic hydroxyl groups excluding tert-OH is 1. The fraction of sp³-hybridized carbons (Fsp3) is 0.500. The second-order valence-electron chi connectivity index (χ2n) is 9.71. The van der Waals surface area contributed by atoms with Gasteiger partial charge in [-0.05, 0) is 55.8 Å². The van der Waals surface area contributed by atoms with Crippen LogP contribution in [0.2, 0.25) is 0 Å². The fourth-order valence-electron chi connectivity index (χ4n) is 5.65. The van der Waals surface area contributed by atoms with E-state index in [-0.39, 0.29) is 24.0 Å². The number of hydrogen-bond acceptors (Lipinski definition) is 7. The van der Waals surface area contributed by atoms with Crippen LogP contribution in [0.4, 0.5) is 11.4 Å². The van der Waals surface area contributed by atoms with Crippen LogP contribution in [0.5, 0.6) is 5.75 Å². The number of hydrogen-bond donors (Lipinski definition) is 4. The van der Waals surface area contributed by atoms with Gasteiger partial charge in [0.1, 0.15) is 11.8 Å². The Bertz CT molecular complexity index is 984. The number of aliphatic hydroxyl groups is 1. The number of nitrogens with zero attached hydrogens (tertiary/aromatic N) is 2. The van der Waals surface area contributed by atoms with E-state index >= 15 is 0 Å². The third-order valence-corrected chi connectivity index (χ3v) is 7.75. The Kier molecular flexibility index (Phi) is 6.74. The number of nitrogens with one attached hydrogen (secondary N) is 3. The molecule has 5 rings (SSSR count). The lowest BCUT2D eigenvalue weighted by Gasteiger charge is -2.41. The molecule has 3 aliphatic heterocycles. The Morgan fingerprint density at radius 1 is 1.12 bits per heavy atom. The molecule has 3 aliphatic rings. The highest BCUT2D eigenvalue weighted by atomic mass is 16.5. The summed E-state index contributed by atoms with van der Waals surface area (Å²) in [6, 6.07) is 16.0. The van der Waals surface area contributed by atoms with Gasteiger partial charge in [-0.25, -0.2) is 0 Å². The first-order valence-corrected chi connectivity index (χ1v) is 12.2. The zero-order chi connectivity index (χ0) is 23.5. The number of amides is 1. The molecule has 182 valence electrons. The molecule has 0 aromatic heterocycles. The molecule has 2 aromatic carbocycles. The molecule has 8 nitrogen and oxygen atoms in total. The van der Waals surface area contributed by atoms with Gasteiger partial charge < -0.3 is 25.0 Å². The largest absolute Gasteiger partial charge is 0.497 e. The Morgan fingerprint density at radius 2 is 1.85 bits per heavy atom. The van der Waals surface area contributed by atoms with Crippen LogP contribution < -0.4 is 25.8 Å². The van der Waals surface area contributed by atoms with Crippen molar-refractivity contribution in [1.29, 1.82) is 0 Å². The van der Waals surface area contributed by atoms with E-state index in [4.69, 9.17) is 4.74 Å². The molecule has 3 saturated heterocycles. The third-order valence-electron chi connectivity index (χ3n) is 7.75. The van der Waals surface area contributed by atoms with E-state index in [9.17, 15) is 9.90 Å². The minimum absolute atomic E-state index is 0.121. The number of benzene rings is 2. The second kappa shape index (κ2) is 9.92. The van der Waals surface area contributed by atoms with E-state index < -0.39 is 0 Å². The van der Waals surface area contributed by atoms with Crippen molar-refractivity contribution < 1.29 is 14.6 Å². The number of carbonyl (C=O) groups excluding carboxylic acids is 1. The van der Waals surface area contributed by atoms with E-state index in [2.05, 4.69) is 45.3 Å². The molecule has 1 amide bonds. The zero-order valence-electron chi connectivity index (χ0n) is 19.8. The molecule has 0 bridgehead atoms. The summed E-state index contributed by atoms with van der Waals surface area (Å²) in [6.45, 7) is 5.17. The van der Waals surface area contributed by atoms with Gasteiger partial charge in [0.05, 0.1) is 13.7 Å². The van der Waals surface area contributed by atoms with Crippen molar-refractivity contribution in [3.8, 4) is 5.75 Å². The summed E-state index contributed by atoms with van der Waals surface area (Å²) in [5.41, 5.74) is 9.34. The Hall–Kier alpha value is -2.65. The zero-order valence-corrected chi connectivity index (χ0v) is 19.8. The lowest BCUT2D eigenvalue weighted by atomic mass is 9.74. The molecule has 1 atom stereocenters. The SMILES string of the molecule is COc1cccc(NC2C(=O)N(c3ccc(C4CNNC4)cc3)CC23CCN(CCO)CC3)c1. The normalized spacial score (nSPS) is 23.1. The summed E-state index contributed by atoms with van der Waals surface area (Å²) >= 11 is 0. The maximum Gasteiger partial charge on any atom is 0.250 e. The molecule has 0 radical (unpaired) electrons. The van der Waals surface area contributed by atoms with Gasteiger partial charge >= 0.3 is 0 Å². The topological polar surface area (TPSA) is 89.1 Å². The van der Waals surface area contributed by atoms with Crippen molar-refractivity contribution in [2.45, 2.75) is 24.8 Å². The van der Waals surface area contributed by atoms with Gasteiger partial charge in [-0.1, -0.05) is 18.2 Å². The minimum Gasteiger partial charge on any atom is -0.497 e. The van der Waals surface area contributed by atoms with Gasteiger partial charge in [-0.15, -0.1) is 0 Å². The standard InChI is InChI=1S/C26H35N5O3/c1-34-23-4-2-3-21(15-23)29-24-25(33)31(18-26(24)9-11-30(12-10-26)13-14-32)22-7-5-19(6-8-22)20-16-27-28-17-20/h2-8,15,20,24,27-29,32H,9-14,16-18H2,1H3. The van der Waals surface area contributed by atoms with Crippen LogP contribution >= 0.6 is 0 Å². The van der Waals surface area contributed by atoms with Crippen LogP contribution in [0.3, 0.4) is 0 Å². The van der Waals surface area contributed by atoms with Crippen LogP contribution in [0.15, 0.2) is 48.5 Å². The molecule has 0 saturated carbocycles. The van der Waals surface area contributed by atoms with Crippen LogP contribution in [0, 0.1) is 5.41 Å². The molecule has 3 fully saturated rings. The molecule has 4 N–H and O–H groups in total. The quantitative estimate of drug-likeness (QED) is 0.496. The average molecular weight is 466 g/mol. The summed E-state index contributed by atoms with van der Waals surface area (Å²) in [6.07, 6.45) is 1.82. The smallest absolute Gasteiger partial charge is 0.250 e. The van der Waals surface area contributed by atoms with E-state index in [0.717, 1.165) is 56.1 Å². The van der Waals surface area contributed by atoms with Gasteiger partial charge in [0.15, 0.2) is 0 Å². The number of likely N-dealkylation sites (tertiary alicyclic amines) is 1. The van der Waals surface area contributed by atoms with E-state index in [0.29, 0.717) is 19.0 Å². The summed E-state index contributed by atoms with van der Waals surface area (Å²) < 4.78 is 5.39. The minimum atomic E-state index is -0.307. The lowest BCUT2D eigenvalue weighted by molar-refractivity contribution is -0.119. The summed E-state index contributed by atoms with van der Waals surface area (Å²) in [5.74, 6) is 1.34. The molecule has 8 heteroatoms. The van der Waals surface area contributed by atoms with Crippen molar-refractivity contribution in [3.63, 3.8) is 0 Å². The maximum atomic E-state index is 13.8. The summed E-state index contributed by atoms with van der Waals surface area (Å²) in [4.78, 5) is 18.1. The lowest BCUT2D eigenvalue weighted by Crippen LogP contribution is -2.49. The molecule has 2 aromatic rings. The van der Waals surface area contributed by atoms with Gasteiger partial charge in [-0.3, -0.25) is 15.6 Å². The average Bonchev–Trinajstić information content (AvgIpc) is 3.50. The number of anilines is 2.